The molecule has 0 saturated heterocycles. The van der Waals surface area contributed by atoms with E-state index < -0.39 is 5.60 Å². The molecule has 4 N–H and O–H groups in total. The molecule has 1 amide bonds. The van der Waals surface area contributed by atoms with Crippen molar-refractivity contribution in [1.29, 1.82) is 0 Å². The molecule has 25 heavy (non-hydrogen) atoms. The molecular weight excluding hydrogens is 431 g/mol. The lowest BCUT2D eigenvalue weighted by Crippen LogP contribution is -2.38. The number of carbonyl (C=O) groups excluding carboxylic acids is 1. The molecule has 150 valence electrons. The second-order valence-corrected chi connectivity index (χ2v) is 7.77. The van der Waals surface area contributed by atoms with Gasteiger partial charge < -0.3 is 21.1 Å². The third kappa shape index (κ3) is 19.4. The van der Waals surface area contributed by atoms with Gasteiger partial charge in [0.05, 0.1) is 0 Å². The first-order valence-corrected chi connectivity index (χ1v) is 9.13. The number of hydrogen-bond donors (Lipinski definition) is 3. The summed E-state index contributed by atoms with van der Waals surface area (Å²) in [4.78, 5) is 15.8. The third-order valence-electron chi connectivity index (χ3n) is 3.35. The molecule has 0 aromatic carbocycles. The largest absolute Gasteiger partial charge is 0.444 e. The van der Waals surface area contributed by atoms with Gasteiger partial charge in [-0.2, -0.15) is 0 Å². The number of nitrogens with one attached hydrogen (secondary N) is 2. The van der Waals surface area contributed by atoms with Gasteiger partial charge >= 0.3 is 6.09 Å². The molecule has 0 aliphatic carbocycles. The van der Waals surface area contributed by atoms with E-state index in [1.54, 1.807) is 0 Å². The van der Waals surface area contributed by atoms with Crippen molar-refractivity contribution in [2.24, 2.45) is 16.6 Å². The van der Waals surface area contributed by atoms with Crippen molar-refractivity contribution >= 4 is 36.0 Å². The van der Waals surface area contributed by atoms with E-state index in [0.29, 0.717) is 25.1 Å². The van der Waals surface area contributed by atoms with Gasteiger partial charge in [0.1, 0.15) is 5.60 Å². The molecule has 1 atom stereocenters. The zero-order chi connectivity index (χ0) is 18.6. The number of aliphatic imine (C=N–C) groups is 1. The summed E-state index contributed by atoms with van der Waals surface area (Å²) in [7, 11) is 0. The highest BCUT2D eigenvalue weighted by atomic mass is 127. The average Bonchev–Trinajstić information content (AvgIpc) is 2.40. The van der Waals surface area contributed by atoms with Crippen molar-refractivity contribution in [3.05, 3.63) is 0 Å². The lowest BCUT2D eigenvalue weighted by molar-refractivity contribution is 0.0527. The zero-order valence-electron chi connectivity index (χ0n) is 16.9. The maximum absolute atomic E-state index is 11.5. The molecular formula is C18H39IN4O2. The van der Waals surface area contributed by atoms with Crippen LogP contribution in [0.5, 0.6) is 0 Å². The number of hydrogen-bond acceptors (Lipinski definition) is 3. The second kappa shape index (κ2) is 14.4. The monoisotopic (exact) mass is 470 g/mol. The van der Waals surface area contributed by atoms with Crippen molar-refractivity contribution in [3.8, 4) is 0 Å². The van der Waals surface area contributed by atoms with Crippen LogP contribution in [0.1, 0.15) is 73.6 Å². The molecule has 0 aliphatic rings. The summed E-state index contributed by atoms with van der Waals surface area (Å²) in [5.41, 5.74) is 5.43. The lowest BCUT2D eigenvalue weighted by Gasteiger charge is -2.19. The number of amides is 1. The van der Waals surface area contributed by atoms with Crippen LogP contribution in [0.2, 0.25) is 0 Å². The van der Waals surface area contributed by atoms with E-state index in [1.165, 1.54) is 12.8 Å². The van der Waals surface area contributed by atoms with E-state index in [2.05, 4.69) is 36.4 Å². The van der Waals surface area contributed by atoms with Gasteiger partial charge in [-0.1, -0.05) is 26.7 Å². The fourth-order valence-corrected chi connectivity index (χ4v) is 2.14. The van der Waals surface area contributed by atoms with Crippen molar-refractivity contribution in [1.82, 2.24) is 10.6 Å². The minimum Gasteiger partial charge on any atom is -0.444 e. The number of unbranched alkanes of at least 4 members (excludes halogenated alkanes) is 1. The number of ether oxygens (including phenoxy) is 1. The quantitative estimate of drug-likeness (QED) is 0.195. The molecule has 0 saturated carbocycles. The maximum Gasteiger partial charge on any atom is 0.407 e. The summed E-state index contributed by atoms with van der Waals surface area (Å²) < 4.78 is 5.17. The molecule has 0 rings (SSSR count). The van der Waals surface area contributed by atoms with Crippen LogP contribution in [0, 0.1) is 5.92 Å². The van der Waals surface area contributed by atoms with Crippen LogP contribution in [0.4, 0.5) is 4.79 Å². The Morgan fingerprint density at radius 1 is 1.12 bits per heavy atom. The normalized spacial score (nSPS) is 13.2. The Kier molecular flexibility index (Phi) is 15.3. The average molecular weight is 470 g/mol. The predicted molar refractivity (Wildman–Crippen MR) is 117 cm³/mol. The molecule has 1 unspecified atom stereocenters. The number of nitrogens with zero attached hydrogens (tertiary/aromatic N) is 1. The lowest BCUT2D eigenvalue weighted by atomic mass is 10.0. The first-order valence-electron chi connectivity index (χ1n) is 9.13. The van der Waals surface area contributed by atoms with Gasteiger partial charge in [-0.15, -0.1) is 24.0 Å². The van der Waals surface area contributed by atoms with Gasteiger partial charge in [-0.05, 0) is 52.9 Å². The van der Waals surface area contributed by atoms with Crippen molar-refractivity contribution < 1.29 is 9.53 Å². The molecule has 7 heteroatoms. The highest BCUT2D eigenvalue weighted by molar-refractivity contribution is 14.0. The Hall–Kier alpha value is -0.730. The van der Waals surface area contributed by atoms with Gasteiger partial charge in [-0.3, -0.25) is 4.99 Å². The highest BCUT2D eigenvalue weighted by Crippen LogP contribution is 2.08. The molecule has 6 nitrogen and oxygen atoms in total. The van der Waals surface area contributed by atoms with Crippen LogP contribution in [0.25, 0.3) is 0 Å². The van der Waals surface area contributed by atoms with Crippen molar-refractivity contribution in [3.63, 3.8) is 0 Å². The van der Waals surface area contributed by atoms with Crippen LogP contribution in [0.15, 0.2) is 4.99 Å². The van der Waals surface area contributed by atoms with Gasteiger partial charge in [0.25, 0.3) is 0 Å². The molecule has 0 aromatic rings. The van der Waals surface area contributed by atoms with E-state index in [1.807, 2.05) is 20.8 Å². The van der Waals surface area contributed by atoms with E-state index >= 15 is 0 Å². The Labute approximate surface area is 171 Å². The maximum atomic E-state index is 11.5. The van der Waals surface area contributed by atoms with Gasteiger partial charge in [0.2, 0.25) is 0 Å². The minimum absolute atomic E-state index is 0. The molecule has 0 fully saturated rings. The number of halogens is 1. The summed E-state index contributed by atoms with van der Waals surface area (Å²) >= 11 is 0. The SMILES string of the molecule is CC(C)CCCC(C)NC(N)=NCCCCNC(=O)OC(C)(C)C.I. The molecule has 0 spiro atoms. The number of carbonyl (C=O) groups is 1. The Morgan fingerprint density at radius 2 is 1.76 bits per heavy atom. The molecule has 0 aromatic heterocycles. The van der Waals surface area contributed by atoms with Crippen molar-refractivity contribution in [2.45, 2.75) is 85.3 Å². The fourth-order valence-electron chi connectivity index (χ4n) is 2.14. The summed E-state index contributed by atoms with van der Waals surface area (Å²) in [5, 5.41) is 5.96. The van der Waals surface area contributed by atoms with E-state index in [9.17, 15) is 4.79 Å². The third-order valence-corrected chi connectivity index (χ3v) is 3.35. The highest BCUT2D eigenvalue weighted by Gasteiger charge is 2.15. The Balaban J connectivity index is 0. The molecule has 0 aliphatic heterocycles. The van der Waals surface area contributed by atoms with Crippen LogP contribution in [-0.2, 0) is 4.74 Å². The van der Waals surface area contributed by atoms with Crippen LogP contribution in [-0.4, -0.2) is 36.8 Å². The first-order chi connectivity index (χ1) is 11.1. The number of alkyl carbamates (subject to hydrolysis) is 1. The van der Waals surface area contributed by atoms with Crippen molar-refractivity contribution in [2.75, 3.05) is 13.1 Å². The van der Waals surface area contributed by atoms with Gasteiger partial charge in [-0.25, -0.2) is 4.79 Å². The first kappa shape index (κ1) is 26.5. The van der Waals surface area contributed by atoms with E-state index in [-0.39, 0.29) is 30.1 Å². The fraction of sp³-hybridized carbons (Fsp3) is 0.889. The standard InChI is InChI=1S/C18H38N4O2.HI/c1-14(2)10-9-11-15(3)22-16(19)20-12-7-8-13-21-17(23)24-18(4,5)6;/h14-15H,7-13H2,1-6H3,(H,21,23)(H3,19,20,22);1H. The number of guanidine groups is 1. The smallest absolute Gasteiger partial charge is 0.407 e. The topological polar surface area (TPSA) is 88.7 Å². The second-order valence-electron chi connectivity index (χ2n) is 7.77. The minimum atomic E-state index is -0.458. The van der Waals surface area contributed by atoms with E-state index in [4.69, 9.17) is 10.5 Å². The number of rotatable bonds is 10. The van der Waals surface area contributed by atoms with Crippen LogP contribution in [0.3, 0.4) is 0 Å². The Morgan fingerprint density at radius 3 is 2.32 bits per heavy atom. The molecule has 0 radical (unpaired) electrons. The van der Waals surface area contributed by atoms with Crippen LogP contribution >= 0.6 is 24.0 Å². The summed E-state index contributed by atoms with van der Waals surface area (Å²) in [6.45, 7) is 13.4. The van der Waals surface area contributed by atoms with Gasteiger partial charge in [0, 0.05) is 19.1 Å². The van der Waals surface area contributed by atoms with E-state index in [0.717, 1.165) is 25.2 Å². The predicted octanol–water partition coefficient (Wildman–Crippen LogP) is 4.03. The van der Waals surface area contributed by atoms with Gasteiger partial charge in [0.15, 0.2) is 5.96 Å². The molecule has 0 bridgehead atoms. The summed E-state index contributed by atoms with van der Waals surface area (Å²) in [6.07, 6.45) is 4.90. The van der Waals surface area contributed by atoms with Crippen LogP contribution < -0.4 is 16.4 Å². The Bertz CT molecular complexity index is 382. The summed E-state index contributed by atoms with van der Waals surface area (Å²) in [6, 6.07) is 0.348. The summed E-state index contributed by atoms with van der Waals surface area (Å²) in [5.74, 6) is 1.25. The zero-order valence-corrected chi connectivity index (χ0v) is 19.2. The number of nitrogens with two attached hydrogens (primary N) is 1. The molecule has 0 heterocycles.